The summed E-state index contributed by atoms with van der Waals surface area (Å²) in [6.45, 7) is 7.70. The molecule has 0 aromatic carbocycles. The fourth-order valence-electron chi connectivity index (χ4n) is 1.21. The summed E-state index contributed by atoms with van der Waals surface area (Å²) in [4.78, 5) is 0. The van der Waals surface area contributed by atoms with E-state index in [0.717, 1.165) is 19.6 Å². The largest absolute Gasteiger partial charge is 0.381 e. The molecule has 0 aromatic rings. The molecule has 0 aliphatic carbocycles. The van der Waals surface area contributed by atoms with Crippen LogP contribution in [0, 0.1) is 0 Å². The molecule has 0 spiro atoms. The lowest BCUT2D eigenvalue weighted by atomic mass is 10.2. The molecule has 0 aromatic heterocycles. The van der Waals surface area contributed by atoms with Crippen LogP contribution in [0.25, 0.3) is 0 Å². The van der Waals surface area contributed by atoms with Crippen LogP contribution in [0.3, 0.4) is 0 Å². The maximum absolute atomic E-state index is 5.50. The lowest BCUT2D eigenvalue weighted by Crippen LogP contribution is -1.96. The maximum atomic E-state index is 5.50. The van der Waals surface area contributed by atoms with Crippen molar-refractivity contribution in [1.82, 2.24) is 0 Å². The summed E-state index contributed by atoms with van der Waals surface area (Å²) < 4.78 is 5.50. The Morgan fingerprint density at radius 2 is 1.79 bits per heavy atom. The van der Waals surface area contributed by atoms with E-state index >= 15 is 0 Å². The molecule has 0 amide bonds. The summed E-state index contributed by atoms with van der Waals surface area (Å²) in [6, 6.07) is 0. The Morgan fingerprint density at radius 3 is 2.43 bits per heavy atom. The van der Waals surface area contributed by atoms with Crippen LogP contribution in [0.4, 0.5) is 0 Å². The van der Waals surface area contributed by atoms with Crippen molar-refractivity contribution in [2.75, 3.05) is 13.2 Å². The molecule has 0 radical (unpaired) electrons. The van der Waals surface area contributed by atoms with Crippen molar-refractivity contribution in [3.8, 4) is 0 Å². The number of unbranched alkanes of at least 4 members (excludes halogenated alkanes) is 4. The second-order valence-electron chi connectivity index (χ2n) is 3.48. The van der Waals surface area contributed by atoms with Crippen LogP contribution in [0.2, 0.25) is 0 Å². The lowest BCUT2D eigenvalue weighted by Gasteiger charge is -2.02. The van der Waals surface area contributed by atoms with Crippen molar-refractivity contribution in [2.45, 2.75) is 45.4 Å². The average Bonchev–Trinajstić information content (AvgIpc) is 2.21. The van der Waals surface area contributed by atoms with Crippen LogP contribution in [-0.2, 0) is 4.74 Å². The van der Waals surface area contributed by atoms with Gasteiger partial charge in [-0.25, -0.2) is 0 Å². The third-order valence-corrected chi connectivity index (χ3v) is 2.07. The van der Waals surface area contributed by atoms with Crippen molar-refractivity contribution < 1.29 is 4.74 Å². The Morgan fingerprint density at radius 1 is 1.07 bits per heavy atom. The van der Waals surface area contributed by atoms with E-state index in [1.807, 2.05) is 12.2 Å². The first-order valence-corrected chi connectivity index (χ1v) is 5.77. The van der Waals surface area contributed by atoms with Gasteiger partial charge in [0.2, 0.25) is 0 Å². The SMILES string of the molecule is C=CC=CCCCCOCCCCC. The summed E-state index contributed by atoms with van der Waals surface area (Å²) >= 11 is 0. The Bertz CT molecular complexity index is 138. The molecule has 0 atom stereocenters. The average molecular weight is 196 g/mol. The van der Waals surface area contributed by atoms with E-state index in [1.165, 1.54) is 32.1 Å². The third kappa shape index (κ3) is 11.4. The van der Waals surface area contributed by atoms with Crippen LogP contribution in [0.15, 0.2) is 24.8 Å². The van der Waals surface area contributed by atoms with Gasteiger partial charge in [-0.2, -0.15) is 0 Å². The molecule has 1 nitrogen and oxygen atoms in total. The zero-order valence-corrected chi connectivity index (χ0v) is 9.50. The molecule has 0 rings (SSSR count). The smallest absolute Gasteiger partial charge is 0.0466 e. The summed E-state index contributed by atoms with van der Waals surface area (Å²) in [5.74, 6) is 0. The molecular formula is C13H24O. The molecule has 82 valence electrons. The highest BCUT2D eigenvalue weighted by Crippen LogP contribution is 1.99. The van der Waals surface area contributed by atoms with E-state index < -0.39 is 0 Å². The number of hydrogen-bond acceptors (Lipinski definition) is 1. The van der Waals surface area contributed by atoms with E-state index in [1.54, 1.807) is 0 Å². The lowest BCUT2D eigenvalue weighted by molar-refractivity contribution is 0.127. The fourth-order valence-corrected chi connectivity index (χ4v) is 1.21. The van der Waals surface area contributed by atoms with Gasteiger partial charge in [0, 0.05) is 13.2 Å². The van der Waals surface area contributed by atoms with Gasteiger partial charge in [0.1, 0.15) is 0 Å². The molecule has 0 heterocycles. The topological polar surface area (TPSA) is 9.23 Å². The van der Waals surface area contributed by atoms with Gasteiger partial charge in [-0.05, 0) is 25.7 Å². The molecule has 14 heavy (non-hydrogen) atoms. The molecule has 0 saturated heterocycles. The molecule has 0 saturated carbocycles. The second-order valence-corrected chi connectivity index (χ2v) is 3.48. The Labute approximate surface area is 88.9 Å². The molecule has 1 heteroatoms. The zero-order chi connectivity index (χ0) is 10.5. The van der Waals surface area contributed by atoms with E-state index in [0.29, 0.717) is 0 Å². The first-order chi connectivity index (χ1) is 6.91. The molecule has 0 unspecified atom stereocenters. The third-order valence-electron chi connectivity index (χ3n) is 2.07. The number of rotatable bonds is 10. The molecule has 0 aliphatic heterocycles. The predicted molar refractivity (Wildman–Crippen MR) is 63.5 cm³/mol. The molecule has 0 aliphatic rings. The van der Waals surface area contributed by atoms with Gasteiger partial charge in [-0.1, -0.05) is 44.6 Å². The molecular weight excluding hydrogens is 172 g/mol. The van der Waals surface area contributed by atoms with Crippen molar-refractivity contribution in [3.63, 3.8) is 0 Å². The Kier molecular flexibility index (Phi) is 11.9. The van der Waals surface area contributed by atoms with Crippen molar-refractivity contribution in [3.05, 3.63) is 24.8 Å². The normalized spacial score (nSPS) is 10.9. The summed E-state index contributed by atoms with van der Waals surface area (Å²) in [7, 11) is 0. The van der Waals surface area contributed by atoms with Crippen molar-refractivity contribution in [2.24, 2.45) is 0 Å². The summed E-state index contributed by atoms with van der Waals surface area (Å²) in [5, 5.41) is 0. The minimum atomic E-state index is 0.922. The standard InChI is InChI=1S/C13H24O/c1-3-5-7-8-9-11-13-14-12-10-6-4-2/h3,5,7H,1,4,6,8-13H2,2H3. The van der Waals surface area contributed by atoms with Gasteiger partial charge in [-0.3, -0.25) is 0 Å². The second kappa shape index (κ2) is 12.4. The van der Waals surface area contributed by atoms with E-state index in [2.05, 4.69) is 19.6 Å². The van der Waals surface area contributed by atoms with Crippen LogP contribution in [0.1, 0.15) is 45.4 Å². The van der Waals surface area contributed by atoms with Crippen LogP contribution in [-0.4, -0.2) is 13.2 Å². The summed E-state index contributed by atoms with van der Waals surface area (Å²) in [5.41, 5.74) is 0. The van der Waals surface area contributed by atoms with Gasteiger partial charge in [-0.15, -0.1) is 0 Å². The van der Waals surface area contributed by atoms with Gasteiger partial charge in [0.25, 0.3) is 0 Å². The molecule has 0 bridgehead atoms. The minimum absolute atomic E-state index is 0.922. The van der Waals surface area contributed by atoms with Gasteiger partial charge in [0.15, 0.2) is 0 Å². The first kappa shape index (κ1) is 13.4. The fraction of sp³-hybridized carbons (Fsp3) is 0.692. The predicted octanol–water partition coefficient (Wildman–Crippen LogP) is 4.11. The van der Waals surface area contributed by atoms with E-state index in [9.17, 15) is 0 Å². The highest BCUT2D eigenvalue weighted by atomic mass is 16.5. The quantitative estimate of drug-likeness (QED) is 0.377. The zero-order valence-electron chi connectivity index (χ0n) is 9.50. The van der Waals surface area contributed by atoms with Gasteiger partial charge in [0.05, 0.1) is 0 Å². The first-order valence-electron chi connectivity index (χ1n) is 5.77. The Hall–Kier alpha value is -0.560. The van der Waals surface area contributed by atoms with Crippen molar-refractivity contribution >= 4 is 0 Å². The van der Waals surface area contributed by atoms with Gasteiger partial charge >= 0.3 is 0 Å². The van der Waals surface area contributed by atoms with E-state index in [4.69, 9.17) is 4.74 Å². The van der Waals surface area contributed by atoms with Crippen LogP contribution < -0.4 is 0 Å². The minimum Gasteiger partial charge on any atom is -0.381 e. The monoisotopic (exact) mass is 196 g/mol. The van der Waals surface area contributed by atoms with Crippen LogP contribution >= 0.6 is 0 Å². The maximum Gasteiger partial charge on any atom is 0.0466 e. The molecule has 0 N–H and O–H groups in total. The van der Waals surface area contributed by atoms with Crippen LogP contribution in [0.5, 0.6) is 0 Å². The Balaban J connectivity index is 2.91. The van der Waals surface area contributed by atoms with E-state index in [-0.39, 0.29) is 0 Å². The summed E-state index contributed by atoms with van der Waals surface area (Å²) in [6.07, 6.45) is 13.3. The highest BCUT2D eigenvalue weighted by Gasteiger charge is 1.88. The highest BCUT2D eigenvalue weighted by molar-refractivity contribution is 4.96. The number of hydrogen-bond donors (Lipinski definition) is 0. The van der Waals surface area contributed by atoms with Crippen molar-refractivity contribution in [1.29, 1.82) is 0 Å². The molecule has 0 fully saturated rings. The number of allylic oxidation sites excluding steroid dienone is 3. The number of ether oxygens (including phenoxy) is 1. The van der Waals surface area contributed by atoms with Gasteiger partial charge < -0.3 is 4.74 Å².